The molecule has 0 bridgehead atoms. The molecule has 4 heteroatoms. The average Bonchev–Trinajstić information content (AvgIpc) is 2.68. The van der Waals surface area contributed by atoms with Crippen molar-refractivity contribution in [2.45, 2.75) is 96.3 Å². The van der Waals surface area contributed by atoms with Gasteiger partial charge in [0.1, 0.15) is 11.6 Å². The van der Waals surface area contributed by atoms with E-state index in [2.05, 4.69) is 6.92 Å². The molecule has 3 rings (SSSR count). The molecule has 2 saturated carbocycles. The summed E-state index contributed by atoms with van der Waals surface area (Å²) >= 11 is 0. The molecule has 0 N–H and O–H groups in total. The molecule has 0 aliphatic heterocycles. The highest BCUT2D eigenvalue weighted by Gasteiger charge is 2.32. The third kappa shape index (κ3) is 5.30. The maximum atomic E-state index is 13.9. The molecule has 0 saturated heterocycles. The molecule has 2 fully saturated rings. The highest BCUT2D eigenvalue weighted by Crippen LogP contribution is 2.45. The summed E-state index contributed by atoms with van der Waals surface area (Å²) < 4.78 is 53.3. The summed E-state index contributed by atoms with van der Waals surface area (Å²) in [5.41, 5.74) is -0.536. The molecule has 0 nitrogen and oxygen atoms in total. The van der Waals surface area contributed by atoms with Gasteiger partial charge in [-0.05, 0) is 79.9 Å². The molecule has 0 heterocycles. The van der Waals surface area contributed by atoms with Gasteiger partial charge in [0.05, 0.1) is 5.56 Å². The van der Waals surface area contributed by atoms with Gasteiger partial charge in [0.2, 0.25) is 0 Å². The Hall–Kier alpha value is -1.06. The molecule has 0 spiro atoms. The van der Waals surface area contributed by atoms with E-state index in [-0.39, 0.29) is 5.92 Å². The maximum absolute atomic E-state index is 13.9. The molecule has 0 unspecified atom stereocenters. The highest BCUT2D eigenvalue weighted by molar-refractivity contribution is 5.29. The monoisotopic (exact) mass is 398 g/mol. The molecule has 28 heavy (non-hydrogen) atoms. The van der Waals surface area contributed by atoms with Crippen LogP contribution in [0.5, 0.6) is 0 Å². The Balaban J connectivity index is 1.49. The van der Waals surface area contributed by atoms with Crippen LogP contribution in [0.15, 0.2) is 12.1 Å². The van der Waals surface area contributed by atoms with Crippen LogP contribution in [0, 0.1) is 29.4 Å². The smallest absolute Gasteiger partial charge is 0.206 e. The number of unbranched alkanes of at least 4 members (excludes halogenated alkanes) is 2. The van der Waals surface area contributed by atoms with Gasteiger partial charge in [0, 0.05) is 0 Å². The first-order chi connectivity index (χ1) is 13.5. The fraction of sp³-hybridized carbons (Fsp3) is 0.750. The van der Waals surface area contributed by atoms with Crippen LogP contribution >= 0.6 is 0 Å². The van der Waals surface area contributed by atoms with Crippen molar-refractivity contribution >= 4 is 0 Å². The van der Waals surface area contributed by atoms with Crippen molar-refractivity contribution in [3.63, 3.8) is 0 Å². The van der Waals surface area contributed by atoms with Crippen LogP contribution in [0.2, 0.25) is 0 Å². The number of halogens is 4. The number of benzene rings is 1. The Bertz CT molecular complexity index is 588. The SMILES string of the molecule is CCCCCC1CCC(C2CCC(c3cc(F)c(C(F)F)c(F)c3)CC2)CC1. The second-order valence-electron chi connectivity index (χ2n) is 9.09. The van der Waals surface area contributed by atoms with E-state index in [9.17, 15) is 17.6 Å². The van der Waals surface area contributed by atoms with Crippen LogP contribution in [0.4, 0.5) is 17.6 Å². The lowest BCUT2D eigenvalue weighted by Gasteiger charge is -2.38. The van der Waals surface area contributed by atoms with E-state index < -0.39 is 23.6 Å². The molecule has 2 aliphatic carbocycles. The maximum Gasteiger partial charge on any atom is 0.269 e. The van der Waals surface area contributed by atoms with Gasteiger partial charge >= 0.3 is 0 Å². The van der Waals surface area contributed by atoms with Gasteiger partial charge in [-0.3, -0.25) is 0 Å². The van der Waals surface area contributed by atoms with Crippen molar-refractivity contribution < 1.29 is 17.6 Å². The van der Waals surface area contributed by atoms with E-state index in [1.165, 1.54) is 51.4 Å². The van der Waals surface area contributed by atoms with Crippen LogP contribution in [0.3, 0.4) is 0 Å². The normalized spacial score (nSPS) is 28.6. The largest absolute Gasteiger partial charge is 0.269 e. The summed E-state index contributed by atoms with van der Waals surface area (Å²) in [5, 5.41) is 0. The van der Waals surface area contributed by atoms with Gasteiger partial charge in [0.25, 0.3) is 6.43 Å². The van der Waals surface area contributed by atoms with E-state index >= 15 is 0 Å². The lowest BCUT2D eigenvalue weighted by molar-refractivity contribution is 0.140. The molecular weight excluding hydrogens is 364 g/mol. The Kier molecular flexibility index (Phi) is 7.82. The molecule has 0 amide bonds. The van der Waals surface area contributed by atoms with Crippen LogP contribution < -0.4 is 0 Å². The fourth-order valence-corrected chi connectivity index (χ4v) is 5.60. The zero-order chi connectivity index (χ0) is 20.1. The van der Waals surface area contributed by atoms with E-state index in [1.807, 2.05) is 0 Å². The zero-order valence-corrected chi connectivity index (χ0v) is 17.0. The predicted octanol–water partition coefficient (Wildman–Crippen LogP) is 8.56. The highest BCUT2D eigenvalue weighted by atomic mass is 19.3. The minimum atomic E-state index is -3.11. The Morgan fingerprint density at radius 2 is 1.36 bits per heavy atom. The van der Waals surface area contributed by atoms with Crippen molar-refractivity contribution in [2.24, 2.45) is 17.8 Å². The second kappa shape index (κ2) is 10.1. The summed E-state index contributed by atoms with van der Waals surface area (Å²) in [5.74, 6) is 0.332. The summed E-state index contributed by atoms with van der Waals surface area (Å²) in [6, 6.07) is 2.27. The molecule has 2 aliphatic rings. The standard InChI is InChI=1S/C24H34F4/c1-2-3-4-5-16-6-8-17(9-7-16)18-10-12-19(13-11-18)20-14-21(25)23(24(27)28)22(26)15-20/h14-19,24H,2-13H2,1H3. The molecule has 0 atom stereocenters. The number of alkyl halides is 2. The predicted molar refractivity (Wildman–Crippen MR) is 106 cm³/mol. The second-order valence-corrected chi connectivity index (χ2v) is 9.09. The molecule has 158 valence electrons. The van der Waals surface area contributed by atoms with Crippen molar-refractivity contribution in [1.82, 2.24) is 0 Å². The third-order valence-corrected chi connectivity index (χ3v) is 7.34. The average molecular weight is 399 g/mol. The van der Waals surface area contributed by atoms with E-state index in [4.69, 9.17) is 0 Å². The molecule has 1 aromatic carbocycles. The van der Waals surface area contributed by atoms with Gasteiger partial charge in [-0.2, -0.15) is 0 Å². The Morgan fingerprint density at radius 3 is 1.86 bits per heavy atom. The Morgan fingerprint density at radius 1 is 0.821 bits per heavy atom. The summed E-state index contributed by atoms with van der Waals surface area (Å²) in [7, 11) is 0. The third-order valence-electron chi connectivity index (χ3n) is 7.34. The van der Waals surface area contributed by atoms with E-state index in [0.717, 1.165) is 55.6 Å². The quantitative estimate of drug-likeness (QED) is 0.319. The minimum Gasteiger partial charge on any atom is -0.206 e. The van der Waals surface area contributed by atoms with Crippen molar-refractivity contribution in [3.8, 4) is 0 Å². The molecule has 0 radical (unpaired) electrons. The van der Waals surface area contributed by atoms with Crippen molar-refractivity contribution in [2.75, 3.05) is 0 Å². The number of rotatable bonds is 7. The molecule has 1 aromatic rings. The van der Waals surface area contributed by atoms with E-state index in [0.29, 0.717) is 5.56 Å². The summed E-state index contributed by atoms with van der Waals surface area (Å²) in [6.07, 6.45) is 11.7. The van der Waals surface area contributed by atoms with Crippen molar-refractivity contribution in [3.05, 3.63) is 34.9 Å². The van der Waals surface area contributed by atoms with Gasteiger partial charge in [0.15, 0.2) is 0 Å². The minimum absolute atomic E-state index is 0.0948. The van der Waals surface area contributed by atoms with Crippen LogP contribution in [-0.2, 0) is 0 Å². The topological polar surface area (TPSA) is 0 Å². The summed E-state index contributed by atoms with van der Waals surface area (Å²) in [6.45, 7) is 2.25. The lowest BCUT2D eigenvalue weighted by atomic mass is 9.68. The van der Waals surface area contributed by atoms with Crippen LogP contribution in [0.25, 0.3) is 0 Å². The van der Waals surface area contributed by atoms with Gasteiger partial charge in [-0.25, -0.2) is 17.6 Å². The molecule has 0 aromatic heterocycles. The van der Waals surface area contributed by atoms with E-state index in [1.54, 1.807) is 0 Å². The Labute approximate surface area is 167 Å². The first-order valence-corrected chi connectivity index (χ1v) is 11.3. The number of hydrogen-bond donors (Lipinski definition) is 0. The van der Waals surface area contributed by atoms with Crippen LogP contribution in [0.1, 0.15) is 107 Å². The first-order valence-electron chi connectivity index (χ1n) is 11.3. The zero-order valence-electron chi connectivity index (χ0n) is 17.0. The van der Waals surface area contributed by atoms with Crippen LogP contribution in [-0.4, -0.2) is 0 Å². The van der Waals surface area contributed by atoms with Gasteiger partial charge in [-0.15, -0.1) is 0 Å². The lowest BCUT2D eigenvalue weighted by Crippen LogP contribution is -2.25. The van der Waals surface area contributed by atoms with Gasteiger partial charge in [-0.1, -0.05) is 45.4 Å². The fourth-order valence-electron chi connectivity index (χ4n) is 5.60. The number of hydrogen-bond acceptors (Lipinski definition) is 0. The summed E-state index contributed by atoms with van der Waals surface area (Å²) in [4.78, 5) is 0. The van der Waals surface area contributed by atoms with Gasteiger partial charge < -0.3 is 0 Å². The van der Waals surface area contributed by atoms with Crippen molar-refractivity contribution in [1.29, 1.82) is 0 Å². The molecular formula is C24H34F4. The first kappa shape index (κ1) is 21.6.